The van der Waals surface area contributed by atoms with Gasteiger partial charge in [0.2, 0.25) is 41.0 Å². The van der Waals surface area contributed by atoms with Gasteiger partial charge in [0.15, 0.2) is 46.5 Å². The van der Waals surface area contributed by atoms with E-state index >= 15 is 0 Å². The molecule has 0 radical (unpaired) electrons. The van der Waals surface area contributed by atoms with Gasteiger partial charge in [0.25, 0.3) is 0 Å². The van der Waals surface area contributed by atoms with Crippen molar-refractivity contribution in [3.63, 3.8) is 0 Å². The summed E-state index contributed by atoms with van der Waals surface area (Å²) in [5.74, 6) is -7.34. The normalized spacial score (nSPS) is 18.7. The van der Waals surface area contributed by atoms with Gasteiger partial charge in [0, 0.05) is 129 Å². The van der Waals surface area contributed by atoms with E-state index in [1.807, 2.05) is 135 Å². The zero-order chi connectivity index (χ0) is 74.8. The Labute approximate surface area is 619 Å². The molecule has 8 aliphatic rings. The highest BCUT2D eigenvalue weighted by molar-refractivity contribution is 7.17. The molecule has 8 aliphatic carbocycles. The smallest absolute Gasteiger partial charge is 0.202 e. The maximum atomic E-state index is 14.7. The Kier molecular flexibility index (Phi) is 15.2. The molecule has 0 amide bonds. The maximum Gasteiger partial charge on any atom is 0.213 e. The quantitative estimate of drug-likeness (QED) is 0.133. The van der Waals surface area contributed by atoms with Crippen LogP contribution in [0.3, 0.4) is 0 Å². The molecule has 4 aromatic carbocycles. The van der Waals surface area contributed by atoms with Gasteiger partial charge in [0.05, 0.1) is 0 Å². The van der Waals surface area contributed by atoms with Crippen LogP contribution in [-0.2, 0) is 21.7 Å². The van der Waals surface area contributed by atoms with Crippen LogP contribution in [0.25, 0.3) is 83.5 Å². The van der Waals surface area contributed by atoms with Crippen molar-refractivity contribution in [1.29, 1.82) is 0 Å². The first kappa shape index (κ1) is 70.3. The second kappa shape index (κ2) is 22.5. The van der Waals surface area contributed by atoms with Crippen molar-refractivity contribution < 1.29 is 70.2 Å². The zero-order valence-electron chi connectivity index (χ0n) is 57.9. The van der Waals surface area contributed by atoms with E-state index in [0.29, 0.717) is 83.5 Å². The third-order valence-electron chi connectivity index (χ3n) is 23.6. The zero-order valence-corrected chi connectivity index (χ0v) is 64.5. The number of rotatable bonds is 0. The summed E-state index contributed by atoms with van der Waals surface area (Å²) in [6.07, 6.45) is 0. The van der Waals surface area contributed by atoms with Crippen LogP contribution in [0, 0.1) is 115 Å². The fraction of sp³-hybridized carbons (Fsp3) is 0.300. The lowest BCUT2D eigenvalue weighted by Crippen LogP contribution is -2.21. The van der Waals surface area contributed by atoms with Crippen LogP contribution in [-0.4, -0.2) is 0 Å². The lowest BCUT2D eigenvalue weighted by molar-refractivity contribution is 0.498. The van der Waals surface area contributed by atoms with Gasteiger partial charge < -0.3 is 0 Å². The van der Waals surface area contributed by atoms with Crippen molar-refractivity contribution in [3.05, 3.63) is 223 Å². The summed E-state index contributed by atoms with van der Waals surface area (Å²) in [7, 11) is 0. The number of benzene rings is 4. The monoisotopic (exact) mass is 1580 g/mol. The molecule has 0 bridgehead atoms. The first-order valence-electron chi connectivity index (χ1n) is 33.2. The van der Waals surface area contributed by atoms with E-state index < -0.39 is 109 Å². The van der Waals surface area contributed by atoms with Crippen LogP contribution in [0.1, 0.15) is 218 Å². The van der Waals surface area contributed by atoms with Crippen LogP contribution >= 0.6 is 90.7 Å². The van der Waals surface area contributed by atoms with Crippen molar-refractivity contribution in [2.45, 2.75) is 156 Å². The van der Waals surface area contributed by atoms with E-state index in [-0.39, 0.29) is 23.7 Å². The van der Waals surface area contributed by atoms with Gasteiger partial charge in [0.1, 0.15) is 0 Å². The van der Waals surface area contributed by atoms with E-state index in [1.54, 1.807) is 0 Å². The molecule has 12 aromatic rings. The van der Waals surface area contributed by atoms with E-state index in [9.17, 15) is 70.2 Å². The number of hydrogen-bond donors (Lipinski definition) is 0. The van der Waals surface area contributed by atoms with Gasteiger partial charge in [-0.3, -0.25) is 0 Å². The number of halogens is 16. The second-order valence-electron chi connectivity index (χ2n) is 30.2. The molecule has 0 fully saturated rings. The molecular weight excluding hydrogens is 1520 g/mol. The van der Waals surface area contributed by atoms with Crippen molar-refractivity contribution in [2.24, 2.45) is 0 Å². The number of hydrogen-bond acceptors (Lipinski definition) is 8. The largest absolute Gasteiger partial charge is 0.213 e. The Balaban J connectivity index is 0.000000103. The van der Waals surface area contributed by atoms with E-state index in [4.69, 9.17) is 0 Å². The van der Waals surface area contributed by atoms with Crippen LogP contribution in [0.2, 0.25) is 0 Å². The molecule has 4 unspecified atom stereocenters. The van der Waals surface area contributed by atoms with Crippen LogP contribution < -0.4 is 0 Å². The van der Waals surface area contributed by atoms with E-state index in [0.717, 1.165) is 202 Å². The molecule has 104 heavy (non-hydrogen) atoms. The maximum absolute atomic E-state index is 14.7. The summed E-state index contributed by atoms with van der Waals surface area (Å²) >= 11 is 6.60. The van der Waals surface area contributed by atoms with Crippen LogP contribution in [0.4, 0.5) is 70.2 Å². The van der Waals surface area contributed by atoms with Gasteiger partial charge in [-0.2, -0.15) is 35.1 Å². The molecule has 8 aromatic heterocycles. The minimum atomic E-state index is -0.805. The summed E-state index contributed by atoms with van der Waals surface area (Å²) < 4.78 is 226. The van der Waals surface area contributed by atoms with Gasteiger partial charge in [-0.05, 0) is 163 Å². The highest BCUT2D eigenvalue weighted by atomic mass is 32.1. The fourth-order valence-corrected chi connectivity index (χ4v) is 28.0. The minimum absolute atomic E-state index is 0.268. The van der Waals surface area contributed by atoms with Crippen LogP contribution in [0.5, 0.6) is 0 Å². The summed E-state index contributed by atoms with van der Waals surface area (Å²) in [4.78, 5) is 4.95. The lowest BCUT2D eigenvalue weighted by Gasteiger charge is -2.29. The molecule has 4 atom stereocenters. The van der Waals surface area contributed by atoms with Gasteiger partial charge in [-0.25, -0.2) is 35.1 Å². The summed E-state index contributed by atoms with van der Waals surface area (Å²) in [5, 5.41) is -6.37. The van der Waals surface area contributed by atoms with Crippen molar-refractivity contribution in [2.75, 3.05) is 0 Å². The summed E-state index contributed by atoms with van der Waals surface area (Å²) in [6.45, 7) is 30.1. The number of thiophene rings is 8. The van der Waals surface area contributed by atoms with Gasteiger partial charge in [-0.15, -0.1) is 90.7 Å². The average molecular weight is 1580 g/mol. The third-order valence-corrected chi connectivity index (χ3v) is 31.5. The van der Waals surface area contributed by atoms with E-state index in [2.05, 4.69) is 0 Å². The minimum Gasteiger partial charge on any atom is -0.202 e. The fourth-order valence-electron chi connectivity index (χ4n) is 19.1. The lowest BCUT2D eigenvalue weighted by atomic mass is 9.74. The standard InChI is InChI=1S/C22H18F4S2.2C20H14F4S2.C18H10F4S2/c1-7-9-12(22(5,6)13-15(23)19(25)27-17(9)13)8(2)10-11(7)21(3,4)14-16(24)20(26)28-18(10)14;1-19(2)9-5-8-10(6-7(9)15-11(19)13(21)17(23)25-15)20(3,4)12-14(22)18(24)26-16(8)12;1-5-9-7(3)13-15(21)20(24)26-18(13)12(9)6(2)10-8(4)14-16(22)19(23)25-17(14)11(5)10;1-5-7-3-10-8(6(2)12-14(20)18(22)24-16(10)12)4-9(7)15-11(5)13(19)17(21)23-15/h1-6H3;5-6H,1-4H3;7-8H,1-4H3;3-6H,1-2H3. The first-order valence-corrected chi connectivity index (χ1v) is 39.7. The van der Waals surface area contributed by atoms with Crippen molar-refractivity contribution in [1.82, 2.24) is 0 Å². The molecule has 20 rings (SSSR count). The Bertz CT molecular complexity index is 5620. The number of fused-ring (bicyclic) bond motifs is 24. The molecule has 8 heterocycles. The topological polar surface area (TPSA) is 0 Å². The highest BCUT2D eigenvalue weighted by Gasteiger charge is 2.52. The second-order valence-corrected chi connectivity index (χ2v) is 38.0. The molecule has 0 nitrogen and oxygen atoms in total. The summed E-state index contributed by atoms with van der Waals surface area (Å²) in [5.41, 5.74) is 17.9. The molecule has 24 heteroatoms. The molecule has 0 aliphatic heterocycles. The van der Waals surface area contributed by atoms with Gasteiger partial charge in [-0.1, -0.05) is 83.1 Å². The molecule has 0 N–H and O–H groups in total. The highest BCUT2D eigenvalue weighted by Crippen LogP contribution is 2.67. The van der Waals surface area contributed by atoms with Crippen molar-refractivity contribution >= 4 is 90.7 Å². The Hall–Kier alpha value is -6.64. The van der Waals surface area contributed by atoms with E-state index in [1.165, 1.54) is 0 Å². The molecule has 0 saturated carbocycles. The Morgan fingerprint density at radius 2 is 0.490 bits per heavy atom. The Morgan fingerprint density at radius 1 is 0.240 bits per heavy atom. The predicted molar refractivity (Wildman–Crippen MR) is 389 cm³/mol. The molecule has 536 valence electrons. The summed E-state index contributed by atoms with van der Waals surface area (Å²) in [6, 6.07) is 7.63. The third kappa shape index (κ3) is 8.65. The average Bonchev–Trinajstić information content (AvgIpc) is 1.51. The SMILES string of the molecule is CC1(C)c2cc3c(cc2-c2sc(F)c(F)c21)C(C)(C)c1c-3sc(F)c1F.CC1c2cc3c(cc2-c2sc(F)c(F)c21)C(C)c1c-3sc(F)c1F.Cc1c2c(c(C)c3c1C(C)(C)c1c-3sc(F)c1F)C(C)(C)c1c-2sc(F)c1F.Cc1c2c(c(C)c3c1C(C)c1c-3sc(F)c1F)C(C)c1c-2sc(F)c1F. The van der Waals surface area contributed by atoms with Gasteiger partial charge >= 0.3 is 0 Å². The molecule has 0 spiro atoms. The molecular formula is C80H56F16S8. The van der Waals surface area contributed by atoms with Crippen molar-refractivity contribution in [3.8, 4) is 83.5 Å². The first-order chi connectivity index (χ1) is 48.6. The van der Waals surface area contributed by atoms with Crippen LogP contribution in [0.15, 0.2) is 24.3 Å². The Morgan fingerprint density at radius 3 is 0.798 bits per heavy atom. The molecule has 0 saturated heterocycles. The predicted octanol–water partition coefficient (Wildman–Crippen LogP) is 28.5.